The van der Waals surface area contributed by atoms with E-state index in [2.05, 4.69) is 20.4 Å². The van der Waals surface area contributed by atoms with Crippen LogP contribution in [0.15, 0.2) is 29.5 Å². The maximum atomic E-state index is 13.8. The van der Waals surface area contributed by atoms with E-state index in [-0.39, 0.29) is 17.7 Å². The van der Waals surface area contributed by atoms with Gasteiger partial charge < -0.3 is 15.1 Å². The number of carbonyl (C=O) groups is 2. The number of hydrogen-bond donors (Lipinski definition) is 1. The van der Waals surface area contributed by atoms with Gasteiger partial charge in [0.25, 0.3) is 5.91 Å². The van der Waals surface area contributed by atoms with Crippen molar-refractivity contribution in [3.8, 4) is 0 Å². The van der Waals surface area contributed by atoms with Crippen LogP contribution >= 0.6 is 0 Å². The van der Waals surface area contributed by atoms with Crippen LogP contribution in [0.25, 0.3) is 0 Å². The van der Waals surface area contributed by atoms with E-state index < -0.39 is 29.4 Å². The van der Waals surface area contributed by atoms with E-state index in [0.717, 1.165) is 12.3 Å². The number of nitrogens with zero attached hydrogens (tertiary/aromatic N) is 6. The maximum Gasteiger partial charge on any atom is 0.341 e. The van der Waals surface area contributed by atoms with Crippen LogP contribution in [0.4, 0.5) is 23.9 Å². The lowest BCUT2D eigenvalue weighted by atomic mass is 10.0. The van der Waals surface area contributed by atoms with Crippen LogP contribution in [0.2, 0.25) is 0 Å². The van der Waals surface area contributed by atoms with Crippen molar-refractivity contribution in [2.24, 2.45) is 5.10 Å². The molecule has 12 heteroatoms. The van der Waals surface area contributed by atoms with Gasteiger partial charge in [0, 0.05) is 51.9 Å². The molecule has 0 unspecified atom stereocenters. The highest BCUT2D eigenvalue weighted by Crippen LogP contribution is 2.30. The molecule has 0 saturated carbocycles. The number of amides is 3. The van der Waals surface area contributed by atoms with Crippen molar-refractivity contribution in [1.82, 2.24) is 25.2 Å². The summed E-state index contributed by atoms with van der Waals surface area (Å²) < 4.78 is 41.1. The van der Waals surface area contributed by atoms with Crippen molar-refractivity contribution in [3.63, 3.8) is 0 Å². The van der Waals surface area contributed by atoms with Crippen LogP contribution in [-0.4, -0.2) is 71.3 Å². The van der Waals surface area contributed by atoms with Crippen LogP contribution < -0.4 is 10.2 Å². The third-order valence-corrected chi connectivity index (χ3v) is 5.30. The van der Waals surface area contributed by atoms with Gasteiger partial charge in [-0.05, 0) is 17.7 Å². The summed E-state index contributed by atoms with van der Waals surface area (Å²) in [6, 6.07) is 2.17. The third kappa shape index (κ3) is 4.20. The fourth-order valence-corrected chi connectivity index (χ4v) is 3.67. The van der Waals surface area contributed by atoms with Crippen LogP contribution in [-0.2, 0) is 0 Å². The molecule has 2 aliphatic rings. The second-order valence-corrected chi connectivity index (χ2v) is 7.30. The predicted molar refractivity (Wildman–Crippen MR) is 109 cm³/mol. The van der Waals surface area contributed by atoms with Crippen LogP contribution in [0.5, 0.6) is 0 Å². The highest BCUT2D eigenvalue weighted by Gasteiger charge is 2.34. The highest BCUT2D eigenvalue weighted by molar-refractivity contribution is 5.92. The minimum atomic E-state index is -0.825. The van der Waals surface area contributed by atoms with Gasteiger partial charge in [-0.15, -0.1) is 0 Å². The van der Waals surface area contributed by atoms with Crippen LogP contribution in [0.1, 0.15) is 28.5 Å². The van der Waals surface area contributed by atoms with Crippen molar-refractivity contribution < 1.29 is 22.8 Å². The Morgan fingerprint density at radius 1 is 1.06 bits per heavy atom. The minimum absolute atomic E-state index is 0.185. The lowest BCUT2D eigenvalue weighted by Crippen LogP contribution is -2.52. The zero-order chi connectivity index (χ0) is 22.8. The quantitative estimate of drug-likeness (QED) is 0.776. The van der Waals surface area contributed by atoms with Gasteiger partial charge in [-0.2, -0.15) is 5.10 Å². The molecule has 4 rings (SSSR count). The van der Waals surface area contributed by atoms with Gasteiger partial charge in [-0.3, -0.25) is 4.79 Å². The monoisotopic (exact) mass is 447 g/mol. The molecule has 9 nitrogen and oxygen atoms in total. The Kier molecular flexibility index (Phi) is 5.93. The molecule has 2 aliphatic heterocycles. The van der Waals surface area contributed by atoms with E-state index in [1.165, 1.54) is 30.4 Å². The number of hydrogen-bond acceptors (Lipinski definition) is 6. The average Bonchev–Trinajstić information content (AvgIpc) is 3.28. The fourth-order valence-electron chi connectivity index (χ4n) is 3.67. The van der Waals surface area contributed by atoms with E-state index in [9.17, 15) is 22.8 Å². The SMILES string of the molecule is CNC(=O)c1nc(N2CCN(C(=O)N3N=CC[C@H]3c3cc(F)cc(F)c3)CC2)ncc1F. The number of carbonyl (C=O) groups excluding carboxylic acids is 2. The normalized spacial score (nSPS) is 18.2. The Morgan fingerprint density at radius 3 is 2.41 bits per heavy atom. The summed E-state index contributed by atoms with van der Waals surface area (Å²) >= 11 is 0. The molecule has 2 aromatic rings. The molecule has 1 aromatic heterocycles. The largest absolute Gasteiger partial charge is 0.354 e. The van der Waals surface area contributed by atoms with Crippen LogP contribution in [0.3, 0.4) is 0 Å². The molecule has 32 heavy (non-hydrogen) atoms. The Bertz CT molecular complexity index is 1050. The summed E-state index contributed by atoms with van der Waals surface area (Å²) in [6.45, 7) is 1.29. The summed E-state index contributed by atoms with van der Waals surface area (Å²) in [5.41, 5.74) is -0.0268. The summed E-state index contributed by atoms with van der Waals surface area (Å²) in [6.07, 6.45) is 2.82. The van der Waals surface area contributed by atoms with Crippen molar-refractivity contribution in [2.45, 2.75) is 12.5 Å². The molecular weight excluding hydrogens is 427 g/mol. The number of aromatic nitrogens is 2. The minimum Gasteiger partial charge on any atom is -0.354 e. The van der Waals surface area contributed by atoms with E-state index in [1.54, 1.807) is 9.80 Å². The Hall–Kier alpha value is -3.70. The molecule has 3 heterocycles. The number of rotatable bonds is 3. The molecule has 0 bridgehead atoms. The van der Waals surface area contributed by atoms with Gasteiger partial charge in [0.1, 0.15) is 11.6 Å². The summed E-state index contributed by atoms with van der Waals surface area (Å²) in [4.78, 5) is 36.0. The Labute approximate surface area is 181 Å². The van der Waals surface area contributed by atoms with Crippen molar-refractivity contribution in [1.29, 1.82) is 0 Å². The van der Waals surface area contributed by atoms with Gasteiger partial charge in [0.2, 0.25) is 5.95 Å². The Morgan fingerprint density at radius 2 is 1.75 bits per heavy atom. The molecule has 0 radical (unpaired) electrons. The number of nitrogens with one attached hydrogen (secondary N) is 1. The summed E-state index contributed by atoms with van der Waals surface area (Å²) in [5.74, 6) is -2.74. The first-order chi connectivity index (χ1) is 15.4. The zero-order valence-electron chi connectivity index (χ0n) is 17.1. The topological polar surface area (TPSA) is 94.0 Å². The fraction of sp³-hybridized carbons (Fsp3) is 0.350. The van der Waals surface area contributed by atoms with Gasteiger partial charge in [-0.25, -0.2) is 32.9 Å². The molecule has 1 aromatic carbocycles. The van der Waals surface area contributed by atoms with E-state index in [4.69, 9.17) is 0 Å². The number of anilines is 1. The number of piperazine rings is 1. The van der Waals surface area contributed by atoms with Gasteiger partial charge in [0.15, 0.2) is 11.5 Å². The van der Waals surface area contributed by atoms with E-state index in [1.807, 2.05) is 0 Å². The molecular formula is C20H20F3N7O2. The lowest BCUT2D eigenvalue weighted by molar-refractivity contribution is 0.0953. The zero-order valence-corrected chi connectivity index (χ0v) is 17.1. The molecule has 1 saturated heterocycles. The lowest BCUT2D eigenvalue weighted by Gasteiger charge is -2.37. The number of halogens is 3. The van der Waals surface area contributed by atoms with Gasteiger partial charge in [0.05, 0.1) is 12.2 Å². The molecule has 3 amide bonds. The third-order valence-electron chi connectivity index (χ3n) is 5.30. The second-order valence-electron chi connectivity index (χ2n) is 7.30. The predicted octanol–water partition coefficient (Wildman–Crippen LogP) is 1.93. The second kappa shape index (κ2) is 8.81. The van der Waals surface area contributed by atoms with E-state index in [0.29, 0.717) is 38.2 Å². The first kappa shape index (κ1) is 21.5. The highest BCUT2D eigenvalue weighted by atomic mass is 19.1. The first-order valence-corrected chi connectivity index (χ1v) is 9.93. The smallest absolute Gasteiger partial charge is 0.341 e. The van der Waals surface area contributed by atoms with Gasteiger partial charge in [-0.1, -0.05) is 0 Å². The number of urea groups is 1. The summed E-state index contributed by atoms with van der Waals surface area (Å²) in [5, 5.41) is 7.65. The number of benzene rings is 1. The molecule has 0 spiro atoms. The molecule has 1 N–H and O–H groups in total. The average molecular weight is 447 g/mol. The van der Waals surface area contributed by atoms with E-state index >= 15 is 0 Å². The molecule has 1 fully saturated rings. The van der Waals surface area contributed by atoms with Crippen molar-refractivity contribution in [2.75, 3.05) is 38.1 Å². The number of hydrazone groups is 1. The molecule has 1 atom stereocenters. The molecule has 0 aliphatic carbocycles. The Balaban J connectivity index is 1.43. The van der Waals surface area contributed by atoms with Crippen molar-refractivity contribution in [3.05, 3.63) is 53.1 Å². The summed E-state index contributed by atoms with van der Waals surface area (Å²) in [7, 11) is 1.38. The van der Waals surface area contributed by atoms with Crippen LogP contribution in [0, 0.1) is 17.5 Å². The molecule has 168 valence electrons. The standard InChI is InChI=1S/C20H20F3N7O2/c1-24-18(31)17-15(23)11-25-19(27-17)28-4-6-29(7-5-28)20(32)30-16(2-3-26-30)12-8-13(21)10-14(22)9-12/h3,8-11,16H,2,4-7H2,1H3,(H,24,31)/t16-/m0/s1. The first-order valence-electron chi connectivity index (χ1n) is 9.93. The van der Waals surface area contributed by atoms with Crippen molar-refractivity contribution >= 4 is 24.1 Å². The van der Waals surface area contributed by atoms with Gasteiger partial charge >= 0.3 is 6.03 Å². The maximum absolute atomic E-state index is 13.8.